The number of nitrogens with two attached hydrogens (primary N) is 1. The van der Waals surface area contributed by atoms with Crippen LogP contribution in [0.2, 0.25) is 0 Å². The van der Waals surface area contributed by atoms with Gasteiger partial charge in [0.25, 0.3) is 0 Å². The van der Waals surface area contributed by atoms with Gasteiger partial charge in [-0.2, -0.15) is 0 Å². The third-order valence-corrected chi connectivity index (χ3v) is 4.93. The molecule has 0 aliphatic carbocycles. The van der Waals surface area contributed by atoms with E-state index in [0.717, 1.165) is 25.9 Å². The molecule has 3 unspecified atom stereocenters. The lowest BCUT2D eigenvalue weighted by Gasteiger charge is -2.24. The smallest absolute Gasteiger partial charge is 0.238 e. The number of rotatable bonds is 4. The molecular formula is C12H24N2O2S. The molecule has 1 amide bonds. The third kappa shape index (κ3) is 4.76. The van der Waals surface area contributed by atoms with Gasteiger partial charge in [-0.3, -0.25) is 9.00 Å². The van der Waals surface area contributed by atoms with Crippen LogP contribution in [0.3, 0.4) is 0 Å². The summed E-state index contributed by atoms with van der Waals surface area (Å²) in [5.41, 5.74) is 5.62. The van der Waals surface area contributed by atoms with E-state index in [4.69, 9.17) is 5.73 Å². The summed E-state index contributed by atoms with van der Waals surface area (Å²) < 4.78 is 11.9. The predicted molar refractivity (Wildman–Crippen MR) is 71.2 cm³/mol. The van der Waals surface area contributed by atoms with Gasteiger partial charge in [-0.1, -0.05) is 12.8 Å². The minimum atomic E-state index is -1.15. The maximum Gasteiger partial charge on any atom is 0.238 e. The maximum absolute atomic E-state index is 12.2. The topological polar surface area (TPSA) is 63.4 Å². The number of hydrogen-bond acceptors (Lipinski definition) is 3. The van der Waals surface area contributed by atoms with Crippen molar-refractivity contribution < 1.29 is 9.00 Å². The second-order valence-corrected chi connectivity index (χ2v) is 6.71. The molecule has 1 aliphatic heterocycles. The summed E-state index contributed by atoms with van der Waals surface area (Å²) in [5.74, 6) is 0.437. The van der Waals surface area contributed by atoms with Crippen LogP contribution in [0.5, 0.6) is 0 Å². The molecule has 5 heteroatoms. The summed E-state index contributed by atoms with van der Waals surface area (Å²) in [6.07, 6.45) is 4.53. The Morgan fingerprint density at radius 1 is 1.24 bits per heavy atom. The molecule has 0 aromatic carbocycles. The Morgan fingerprint density at radius 2 is 1.76 bits per heavy atom. The molecule has 0 aromatic rings. The van der Waals surface area contributed by atoms with Gasteiger partial charge in [-0.15, -0.1) is 0 Å². The third-order valence-electron chi connectivity index (χ3n) is 3.09. The largest absolute Gasteiger partial charge is 0.342 e. The highest BCUT2D eigenvalue weighted by Crippen LogP contribution is 2.12. The number of amides is 1. The van der Waals surface area contributed by atoms with Crippen LogP contribution in [0.15, 0.2) is 0 Å². The summed E-state index contributed by atoms with van der Waals surface area (Å²) in [6, 6.07) is -0.116. The summed E-state index contributed by atoms with van der Waals surface area (Å²) >= 11 is 0. The van der Waals surface area contributed by atoms with Crippen molar-refractivity contribution in [1.29, 1.82) is 0 Å². The molecule has 0 saturated carbocycles. The zero-order chi connectivity index (χ0) is 12.8. The van der Waals surface area contributed by atoms with E-state index in [2.05, 4.69) is 0 Å². The maximum atomic E-state index is 12.2. The molecule has 2 N–H and O–H groups in total. The Bertz CT molecular complexity index is 274. The zero-order valence-corrected chi connectivity index (χ0v) is 11.7. The van der Waals surface area contributed by atoms with Crippen molar-refractivity contribution in [2.24, 2.45) is 5.73 Å². The SMILES string of the molecule is CC(N)CS(=O)C(C)C(=O)N1CCCCCC1. The summed E-state index contributed by atoms with van der Waals surface area (Å²) in [7, 11) is -1.15. The first-order chi connectivity index (χ1) is 8.02. The minimum Gasteiger partial charge on any atom is -0.342 e. The molecule has 0 radical (unpaired) electrons. The summed E-state index contributed by atoms with van der Waals surface area (Å²) in [5, 5.41) is -0.418. The lowest BCUT2D eigenvalue weighted by Crippen LogP contribution is -2.42. The van der Waals surface area contributed by atoms with Crippen LogP contribution in [0.1, 0.15) is 39.5 Å². The van der Waals surface area contributed by atoms with Crippen molar-refractivity contribution in [1.82, 2.24) is 4.90 Å². The molecule has 1 rings (SSSR count). The summed E-state index contributed by atoms with van der Waals surface area (Å²) in [6.45, 7) is 5.21. The highest BCUT2D eigenvalue weighted by molar-refractivity contribution is 7.86. The first kappa shape index (κ1) is 14.6. The van der Waals surface area contributed by atoms with Crippen LogP contribution in [0.4, 0.5) is 0 Å². The van der Waals surface area contributed by atoms with Gasteiger partial charge in [0.15, 0.2) is 0 Å². The number of nitrogens with zero attached hydrogens (tertiary/aromatic N) is 1. The summed E-state index contributed by atoms with van der Waals surface area (Å²) in [4.78, 5) is 14.0. The van der Waals surface area contributed by atoms with Crippen LogP contribution < -0.4 is 5.73 Å². The minimum absolute atomic E-state index is 0.0332. The zero-order valence-electron chi connectivity index (χ0n) is 10.9. The monoisotopic (exact) mass is 260 g/mol. The lowest BCUT2D eigenvalue weighted by atomic mass is 10.2. The molecular weight excluding hydrogens is 236 g/mol. The first-order valence-corrected chi connectivity index (χ1v) is 7.82. The van der Waals surface area contributed by atoms with Crippen molar-refractivity contribution in [3.63, 3.8) is 0 Å². The second-order valence-electron chi connectivity index (χ2n) is 4.91. The molecule has 1 aliphatic rings. The van der Waals surface area contributed by atoms with Crippen LogP contribution >= 0.6 is 0 Å². The molecule has 0 aromatic heterocycles. The Balaban J connectivity index is 2.52. The van der Waals surface area contributed by atoms with Gasteiger partial charge in [0.05, 0.1) is 0 Å². The van der Waals surface area contributed by atoms with Crippen molar-refractivity contribution in [2.45, 2.75) is 50.8 Å². The highest BCUT2D eigenvalue weighted by atomic mass is 32.2. The van der Waals surface area contributed by atoms with Crippen LogP contribution in [-0.4, -0.2) is 45.2 Å². The standard InChI is InChI=1S/C12H24N2O2S/c1-10(13)9-17(16)11(2)12(15)14-7-5-3-4-6-8-14/h10-11H,3-9,13H2,1-2H3. The van der Waals surface area contributed by atoms with E-state index in [0.29, 0.717) is 5.75 Å². The normalized spacial score (nSPS) is 22.6. The van der Waals surface area contributed by atoms with Gasteiger partial charge in [-0.25, -0.2) is 0 Å². The molecule has 4 nitrogen and oxygen atoms in total. The fraction of sp³-hybridized carbons (Fsp3) is 0.917. The fourth-order valence-corrected chi connectivity index (χ4v) is 3.24. The van der Waals surface area contributed by atoms with E-state index in [-0.39, 0.29) is 11.9 Å². The Hall–Kier alpha value is -0.420. The van der Waals surface area contributed by atoms with Crippen LogP contribution in [0.25, 0.3) is 0 Å². The highest BCUT2D eigenvalue weighted by Gasteiger charge is 2.26. The van der Waals surface area contributed by atoms with Gasteiger partial charge in [-0.05, 0) is 26.7 Å². The van der Waals surface area contributed by atoms with Gasteiger partial charge in [0.2, 0.25) is 5.91 Å². The van der Waals surface area contributed by atoms with E-state index in [1.807, 2.05) is 11.8 Å². The lowest BCUT2D eigenvalue weighted by molar-refractivity contribution is -0.130. The van der Waals surface area contributed by atoms with Crippen molar-refractivity contribution >= 4 is 16.7 Å². The first-order valence-electron chi connectivity index (χ1n) is 6.44. The number of hydrogen-bond donors (Lipinski definition) is 1. The van der Waals surface area contributed by atoms with Crippen LogP contribution in [0, 0.1) is 0 Å². The Morgan fingerprint density at radius 3 is 2.24 bits per heavy atom. The average molecular weight is 260 g/mol. The quantitative estimate of drug-likeness (QED) is 0.816. The molecule has 0 spiro atoms. The number of carbonyl (C=O) groups is 1. The van der Waals surface area contributed by atoms with Gasteiger partial charge >= 0.3 is 0 Å². The Labute approximate surface area is 106 Å². The average Bonchev–Trinajstić information content (AvgIpc) is 2.54. The van der Waals surface area contributed by atoms with E-state index in [1.54, 1.807) is 6.92 Å². The number of carbonyl (C=O) groups excluding carboxylic acids is 1. The van der Waals surface area contributed by atoms with Crippen molar-refractivity contribution in [2.75, 3.05) is 18.8 Å². The second kappa shape index (κ2) is 7.11. The molecule has 3 atom stereocenters. The van der Waals surface area contributed by atoms with Crippen molar-refractivity contribution in [3.8, 4) is 0 Å². The number of likely N-dealkylation sites (tertiary alicyclic amines) is 1. The molecule has 1 fully saturated rings. The molecule has 1 heterocycles. The van der Waals surface area contributed by atoms with Gasteiger partial charge < -0.3 is 10.6 Å². The van der Waals surface area contributed by atoms with E-state index >= 15 is 0 Å². The van der Waals surface area contributed by atoms with Gasteiger partial charge in [0.1, 0.15) is 5.25 Å². The van der Waals surface area contributed by atoms with E-state index in [1.165, 1.54) is 12.8 Å². The molecule has 1 saturated heterocycles. The Kier molecular flexibility index (Phi) is 6.12. The van der Waals surface area contributed by atoms with Gasteiger partial charge in [0, 0.05) is 35.7 Å². The molecule has 17 heavy (non-hydrogen) atoms. The predicted octanol–water partition coefficient (Wildman–Crippen LogP) is 0.873. The van der Waals surface area contributed by atoms with E-state index < -0.39 is 16.0 Å². The fourth-order valence-electron chi connectivity index (χ4n) is 2.06. The van der Waals surface area contributed by atoms with Crippen molar-refractivity contribution in [3.05, 3.63) is 0 Å². The molecule has 0 bridgehead atoms. The van der Waals surface area contributed by atoms with Crippen LogP contribution in [-0.2, 0) is 15.6 Å². The molecule has 100 valence electrons. The van der Waals surface area contributed by atoms with E-state index in [9.17, 15) is 9.00 Å².